The van der Waals surface area contributed by atoms with Crippen LogP contribution in [0.1, 0.15) is 57.5 Å². The smallest absolute Gasteiger partial charge is 0.410 e. The average Bonchev–Trinajstić information content (AvgIpc) is 3.25. The van der Waals surface area contributed by atoms with Crippen molar-refractivity contribution in [3.05, 3.63) is 66.5 Å². The molecule has 0 spiro atoms. The van der Waals surface area contributed by atoms with Gasteiger partial charge in [-0.1, -0.05) is 17.8 Å². The number of hydrogen-bond acceptors (Lipinski definition) is 11. The number of aromatic nitrogens is 5. The Labute approximate surface area is 248 Å². The lowest BCUT2D eigenvalue weighted by Crippen LogP contribution is -2.37. The van der Waals surface area contributed by atoms with E-state index in [1.807, 2.05) is 64.1 Å². The molecular formula is C29H33N7O3S2. The minimum Gasteiger partial charge on any atom is -0.452 e. The molecule has 41 heavy (non-hydrogen) atoms. The number of nitrogens with one attached hydrogen (secondary N) is 1. The summed E-state index contributed by atoms with van der Waals surface area (Å²) in [5, 5.41) is 4.80. The largest absolute Gasteiger partial charge is 0.452 e. The lowest BCUT2D eigenvalue weighted by molar-refractivity contribution is 0.0256. The highest BCUT2D eigenvalue weighted by Crippen LogP contribution is 2.37. The van der Waals surface area contributed by atoms with Gasteiger partial charge in [-0.2, -0.15) is 4.37 Å². The van der Waals surface area contributed by atoms with Crippen molar-refractivity contribution in [2.24, 2.45) is 0 Å². The summed E-state index contributed by atoms with van der Waals surface area (Å²) in [6, 6.07) is 11.4. The first-order chi connectivity index (χ1) is 19.7. The minimum absolute atomic E-state index is 0.160. The Morgan fingerprint density at radius 1 is 1.07 bits per heavy atom. The lowest BCUT2D eigenvalue weighted by atomic mass is 10.0. The van der Waals surface area contributed by atoms with Crippen LogP contribution in [0, 0.1) is 6.92 Å². The molecule has 214 valence electrons. The molecule has 0 saturated carbocycles. The normalized spacial score (nSPS) is 15.7. The highest BCUT2D eigenvalue weighted by atomic mass is 32.2. The van der Waals surface area contributed by atoms with Gasteiger partial charge in [-0.15, -0.1) is 0 Å². The highest BCUT2D eigenvalue weighted by molar-refractivity contribution is 7.99. The van der Waals surface area contributed by atoms with Crippen molar-refractivity contribution in [3.63, 3.8) is 0 Å². The summed E-state index contributed by atoms with van der Waals surface area (Å²) in [5.41, 5.74) is 0.259. The van der Waals surface area contributed by atoms with Crippen molar-refractivity contribution < 1.29 is 14.3 Å². The van der Waals surface area contributed by atoms with Crippen molar-refractivity contribution in [3.8, 4) is 11.5 Å². The van der Waals surface area contributed by atoms with Gasteiger partial charge in [0, 0.05) is 60.1 Å². The summed E-state index contributed by atoms with van der Waals surface area (Å²) < 4.78 is 16.5. The van der Waals surface area contributed by atoms with Crippen LogP contribution in [0.5, 0.6) is 11.5 Å². The van der Waals surface area contributed by atoms with E-state index in [-0.39, 0.29) is 12.0 Å². The highest BCUT2D eigenvalue weighted by Gasteiger charge is 2.27. The lowest BCUT2D eigenvalue weighted by Gasteiger charge is -2.26. The Morgan fingerprint density at radius 3 is 2.71 bits per heavy atom. The van der Waals surface area contributed by atoms with Crippen LogP contribution in [0.25, 0.3) is 0 Å². The first-order valence-electron chi connectivity index (χ1n) is 13.5. The van der Waals surface area contributed by atoms with Crippen LogP contribution in [-0.4, -0.2) is 54.0 Å². The number of anilines is 2. The van der Waals surface area contributed by atoms with E-state index in [0.29, 0.717) is 35.5 Å². The van der Waals surface area contributed by atoms with E-state index >= 15 is 0 Å². The third-order valence-corrected chi connectivity index (χ3v) is 7.83. The maximum Gasteiger partial charge on any atom is 0.410 e. The number of likely N-dealkylation sites (tertiary alicyclic amines) is 1. The van der Waals surface area contributed by atoms with Crippen LogP contribution in [-0.2, 0) is 4.74 Å². The number of ether oxygens (including phenoxy) is 2. The van der Waals surface area contributed by atoms with E-state index < -0.39 is 5.60 Å². The quantitative estimate of drug-likeness (QED) is 0.236. The first-order valence-corrected chi connectivity index (χ1v) is 15.1. The fraction of sp³-hybridized carbons (Fsp3) is 0.379. The number of carbonyl (C=O) groups excluding carboxylic acids is 1. The molecular weight excluding hydrogens is 558 g/mol. The molecule has 0 aromatic carbocycles. The van der Waals surface area contributed by atoms with Gasteiger partial charge in [0.25, 0.3) is 0 Å². The second kappa shape index (κ2) is 12.8. The molecule has 4 aromatic rings. The number of amides is 1. The molecule has 10 nitrogen and oxygen atoms in total. The van der Waals surface area contributed by atoms with Crippen molar-refractivity contribution in [2.45, 2.75) is 68.4 Å². The van der Waals surface area contributed by atoms with Crippen molar-refractivity contribution in [1.29, 1.82) is 0 Å². The van der Waals surface area contributed by atoms with Crippen molar-refractivity contribution in [1.82, 2.24) is 29.2 Å². The average molecular weight is 592 g/mol. The Hall–Kier alpha value is -3.77. The fourth-order valence-electron chi connectivity index (χ4n) is 4.29. The minimum atomic E-state index is -0.512. The number of carbonyl (C=O) groups is 1. The predicted molar refractivity (Wildman–Crippen MR) is 159 cm³/mol. The second-order valence-corrected chi connectivity index (χ2v) is 12.5. The number of pyridine rings is 3. The van der Waals surface area contributed by atoms with Gasteiger partial charge in [0.2, 0.25) is 5.13 Å². The Balaban J connectivity index is 1.31. The summed E-state index contributed by atoms with van der Waals surface area (Å²) in [7, 11) is 0. The molecule has 1 unspecified atom stereocenters. The van der Waals surface area contributed by atoms with Crippen LogP contribution in [0.15, 0.2) is 64.9 Å². The van der Waals surface area contributed by atoms with Crippen molar-refractivity contribution in [2.75, 3.05) is 18.4 Å². The van der Waals surface area contributed by atoms with Gasteiger partial charge in [0.15, 0.2) is 11.6 Å². The zero-order chi connectivity index (χ0) is 28.8. The molecule has 5 rings (SSSR count). The molecule has 1 atom stereocenters. The Morgan fingerprint density at radius 2 is 1.93 bits per heavy atom. The third kappa shape index (κ3) is 7.92. The molecule has 1 saturated heterocycles. The summed E-state index contributed by atoms with van der Waals surface area (Å²) in [5.74, 6) is 2.65. The number of hydrogen-bond donors (Lipinski definition) is 1. The van der Waals surface area contributed by atoms with Gasteiger partial charge in [0.1, 0.15) is 22.2 Å². The topological polar surface area (TPSA) is 115 Å². The number of rotatable bonds is 7. The van der Waals surface area contributed by atoms with E-state index in [0.717, 1.165) is 40.7 Å². The number of nitrogens with zero attached hydrogens (tertiary/aromatic N) is 6. The Kier molecular flexibility index (Phi) is 8.99. The zero-order valence-corrected chi connectivity index (χ0v) is 25.2. The summed E-state index contributed by atoms with van der Waals surface area (Å²) in [6.45, 7) is 8.83. The van der Waals surface area contributed by atoms with E-state index in [1.165, 1.54) is 23.3 Å². The standard InChI is InChI=1S/C29H33N7O3S2/c1-19-22(10-7-14-30-19)38-23-17-21(40-24-11-5-6-13-31-24)18-32-26(23)34-27-33-25(35-41-27)20-9-8-15-36(16-12-20)28(37)39-29(2,3)4/h5-7,10-11,13-14,17-18,20H,8-9,12,15-16H2,1-4H3,(H,32,33,34,35). The SMILES string of the molecule is Cc1ncccc1Oc1cc(Sc2ccccn2)cnc1Nc1nc(C2CCCN(C(=O)OC(C)(C)C)CC2)ns1. The van der Waals surface area contributed by atoms with Crippen LogP contribution in [0.4, 0.5) is 15.7 Å². The van der Waals surface area contributed by atoms with E-state index in [1.54, 1.807) is 23.5 Å². The third-order valence-electron chi connectivity index (χ3n) is 6.28. The predicted octanol–water partition coefficient (Wildman–Crippen LogP) is 7.22. The molecule has 0 aliphatic carbocycles. The maximum absolute atomic E-state index is 12.6. The monoisotopic (exact) mass is 591 g/mol. The van der Waals surface area contributed by atoms with Gasteiger partial charge in [-0.25, -0.2) is 19.7 Å². The van der Waals surface area contributed by atoms with Gasteiger partial charge < -0.3 is 19.7 Å². The molecule has 1 fully saturated rings. The molecule has 1 amide bonds. The van der Waals surface area contributed by atoms with E-state index in [2.05, 4.69) is 24.6 Å². The van der Waals surface area contributed by atoms with Crippen molar-refractivity contribution >= 4 is 40.3 Å². The first kappa shape index (κ1) is 28.7. The van der Waals surface area contributed by atoms with E-state index in [9.17, 15) is 4.79 Å². The van der Waals surface area contributed by atoms with Crippen LogP contribution in [0.3, 0.4) is 0 Å². The molecule has 4 aromatic heterocycles. The maximum atomic E-state index is 12.6. The van der Waals surface area contributed by atoms with Gasteiger partial charge >= 0.3 is 6.09 Å². The summed E-state index contributed by atoms with van der Waals surface area (Å²) >= 11 is 2.79. The summed E-state index contributed by atoms with van der Waals surface area (Å²) in [4.78, 5) is 33.4. The zero-order valence-electron chi connectivity index (χ0n) is 23.5. The molecule has 1 N–H and O–H groups in total. The van der Waals surface area contributed by atoms with Crippen LogP contribution < -0.4 is 10.1 Å². The molecule has 12 heteroatoms. The summed E-state index contributed by atoms with van der Waals surface area (Å²) in [6.07, 6.45) is 7.56. The Bertz CT molecular complexity index is 1480. The molecule has 5 heterocycles. The molecule has 0 radical (unpaired) electrons. The van der Waals surface area contributed by atoms with Gasteiger partial charge in [-0.05, 0) is 71.2 Å². The van der Waals surface area contributed by atoms with E-state index in [4.69, 9.17) is 14.5 Å². The second-order valence-electron chi connectivity index (χ2n) is 10.7. The van der Waals surface area contributed by atoms with Gasteiger partial charge in [0.05, 0.1) is 5.69 Å². The number of aryl methyl sites for hydroxylation is 1. The molecule has 1 aliphatic rings. The molecule has 0 bridgehead atoms. The fourth-order valence-corrected chi connectivity index (χ4v) is 5.71. The van der Waals surface area contributed by atoms with Gasteiger partial charge in [-0.3, -0.25) is 4.98 Å². The van der Waals surface area contributed by atoms with Crippen LogP contribution >= 0.6 is 23.3 Å². The van der Waals surface area contributed by atoms with Crippen LogP contribution in [0.2, 0.25) is 0 Å². The molecule has 1 aliphatic heterocycles.